The van der Waals surface area contributed by atoms with E-state index in [2.05, 4.69) is 0 Å². The van der Waals surface area contributed by atoms with Gasteiger partial charge in [-0.1, -0.05) is 6.92 Å². The van der Waals surface area contributed by atoms with Crippen LogP contribution in [-0.4, -0.2) is 28.6 Å². The van der Waals surface area contributed by atoms with Crippen LogP contribution in [0.1, 0.15) is 6.92 Å². The maximum atomic E-state index is 14.9. The predicted octanol–water partition coefficient (Wildman–Crippen LogP) is 5.92. The molecule has 0 saturated heterocycles. The van der Waals surface area contributed by atoms with Gasteiger partial charge in [-0.3, -0.25) is 0 Å². The second-order valence-corrected chi connectivity index (χ2v) is 12.0. The molecule has 270 valence electrons. The fraction of sp³-hybridized carbons (Fsp3) is 0.0769. The quantitative estimate of drug-likeness (QED) is 0.0911. The van der Waals surface area contributed by atoms with Gasteiger partial charge in [0.1, 0.15) is 0 Å². The predicted molar refractivity (Wildman–Crippen MR) is 133 cm³/mol. The van der Waals surface area contributed by atoms with Crippen molar-refractivity contribution in [3.8, 4) is 0 Å². The Morgan fingerprint density at radius 2 is 0.431 bits per heavy atom. The van der Waals surface area contributed by atoms with E-state index in [0.717, 1.165) is 0 Å². The van der Waals surface area contributed by atoms with E-state index in [4.69, 9.17) is 7.41 Å². The summed E-state index contributed by atoms with van der Waals surface area (Å²) in [4.78, 5) is 0. The van der Waals surface area contributed by atoms with Crippen LogP contribution in [0.4, 0.5) is 87.8 Å². The van der Waals surface area contributed by atoms with Crippen LogP contribution >= 0.6 is 0 Å². The van der Waals surface area contributed by atoms with Gasteiger partial charge in [0.05, 0.1) is 0 Å². The number of benzene rings is 4. The van der Waals surface area contributed by atoms with Crippen LogP contribution in [0, 0.1) is 116 Å². The van der Waals surface area contributed by atoms with Crippen molar-refractivity contribution in [2.45, 2.75) is 12.2 Å². The van der Waals surface area contributed by atoms with Crippen molar-refractivity contribution in [1.29, 1.82) is 0 Å². The molecule has 0 aliphatic heterocycles. The summed E-state index contributed by atoms with van der Waals surface area (Å²) < 4.78 is 298. The van der Waals surface area contributed by atoms with E-state index in [0.29, 0.717) is 6.92 Å². The molecular formula is C26H5AlB2F20O2. The Hall–Kier alpha value is -3.94. The lowest BCUT2D eigenvalue weighted by molar-refractivity contribution is 0.374. The van der Waals surface area contributed by atoms with E-state index in [-0.39, 0.29) is 0 Å². The fourth-order valence-electron chi connectivity index (χ4n) is 4.50. The van der Waals surface area contributed by atoms with Gasteiger partial charge in [0, 0.05) is 21.9 Å². The van der Waals surface area contributed by atoms with Crippen molar-refractivity contribution >= 4 is 50.5 Å². The summed E-state index contributed by atoms with van der Waals surface area (Å²) in [5.74, 6) is -60.2. The summed E-state index contributed by atoms with van der Waals surface area (Å²) in [6, 6.07) is 0. The number of rotatable bonds is 9. The molecule has 51 heavy (non-hydrogen) atoms. The molecule has 0 bridgehead atoms. The van der Waals surface area contributed by atoms with Gasteiger partial charge in [-0.15, -0.1) is 0 Å². The third-order valence-electron chi connectivity index (χ3n) is 6.93. The first kappa shape index (κ1) is 39.8. The molecule has 4 aromatic rings. The van der Waals surface area contributed by atoms with Crippen molar-refractivity contribution in [2.75, 3.05) is 0 Å². The average Bonchev–Trinajstić information content (AvgIpc) is 3.10. The van der Waals surface area contributed by atoms with Crippen LogP contribution in [0.2, 0.25) is 5.28 Å². The first-order valence-electron chi connectivity index (χ1n) is 13.0. The molecule has 0 spiro atoms. The van der Waals surface area contributed by atoms with E-state index >= 15 is 0 Å². The lowest BCUT2D eigenvalue weighted by atomic mass is 9.54. The minimum Gasteiger partial charge on any atom is -0.538 e. The van der Waals surface area contributed by atoms with E-state index in [1.165, 1.54) is 0 Å². The molecule has 0 saturated carbocycles. The first-order chi connectivity index (χ1) is 23.6. The van der Waals surface area contributed by atoms with Crippen molar-refractivity contribution in [1.82, 2.24) is 0 Å². The highest BCUT2D eigenvalue weighted by Crippen LogP contribution is 2.24. The highest BCUT2D eigenvalue weighted by Gasteiger charge is 2.48. The van der Waals surface area contributed by atoms with E-state index < -0.39 is 172 Å². The molecule has 0 fully saturated rings. The van der Waals surface area contributed by atoms with Crippen LogP contribution < -0.4 is 21.9 Å². The highest BCUT2D eigenvalue weighted by atomic mass is 27.2. The lowest BCUT2D eigenvalue weighted by Gasteiger charge is -2.26. The monoisotopic (exact) mass is 778 g/mol. The average molecular weight is 778 g/mol. The van der Waals surface area contributed by atoms with Crippen LogP contribution in [0.25, 0.3) is 0 Å². The molecule has 0 radical (unpaired) electrons. The molecule has 0 aliphatic rings. The molecular weight excluding hydrogens is 773 g/mol. The number of hydrogen-bond donors (Lipinski definition) is 0. The normalized spacial score (nSPS) is 11.5. The Kier molecular flexibility index (Phi) is 11.4. The van der Waals surface area contributed by atoms with Crippen LogP contribution in [-0.2, 0) is 7.41 Å². The van der Waals surface area contributed by atoms with Crippen molar-refractivity contribution in [3.63, 3.8) is 0 Å². The van der Waals surface area contributed by atoms with E-state index in [1.807, 2.05) is 0 Å². The molecule has 0 aromatic heterocycles. The summed E-state index contributed by atoms with van der Waals surface area (Å²) in [7, 11) is 0. The molecule has 0 N–H and O–H groups in total. The van der Waals surface area contributed by atoms with Crippen LogP contribution in [0.3, 0.4) is 0 Å². The largest absolute Gasteiger partial charge is 0.643 e. The lowest BCUT2D eigenvalue weighted by Crippen LogP contribution is -2.59. The molecule has 4 rings (SSSR count). The van der Waals surface area contributed by atoms with Gasteiger partial charge in [0.25, 0.3) is 0 Å². The molecule has 0 heterocycles. The SMILES string of the molecule is C[CH2][Al]([O]B(c1c(F)c(F)c(F)c(F)c1F)c1c(F)c(F)c(F)c(F)c1F)[O]B(c1c(F)c(F)c(F)c(F)c1F)c1c(F)c(F)c(F)c(F)c1F. The third kappa shape index (κ3) is 6.42. The Balaban J connectivity index is 2.08. The third-order valence-corrected chi connectivity index (χ3v) is 8.75. The Bertz CT molecular complexity index is 1700. The van der Waals surface area contributed by atoms with Crippen molar-refractivity contribution < 1.29 is 95.2 Å². The molecule has 25 heteroatoms. The molecule has 4 aromatic carbocycles. The zero-order valence-corrected chi connectivity index (χ0v) is 25.0. The Morgan fingerprint density at radius 1 is 0.294 bits per heavy atom. The van der Waals surface area contributed by atoms with Crippen molar-refractivity contribution in [3.05, 3.63) is 116 Å². The highest BCUT2D eigenvalue weighted by molar-refractivity contribution is 6.88. The zero-order valence-electron chi connectivity index (χ0n) is 23.8. The van der Waals surface area contributed by atoms with Crippen LogP contribution in [0.15, 0.2) is 0 Å². The summed E-state index contributed by atoms with van der Waals surface area (Å²) in [6.45, 7) is -6.91. The molecule has 0 amide bonds. The summed E-state index contributed by atoms with van der Waals surface area (Å²) in [6.07, 6.45) is 0. The summed E-state index contributed by atoms with van der Waals surface area (Å²) >= 11 is -5.04. The van der Waals surface area contributed by atoms with Crippen LogP contribution in [0.5, 0.6) is 0 Å². The van der Waals surface area contributed by atoms with E-state index in [1.54, 1.807) is 0 Å². The molecule has 2 nitrogen and oxygen atoms in total. The smallest absolute Gasteiger partial charge is 0.538 e. The Labute approximate surface area is 274 Å². The second kappa shape index (κ2) is 14.6. The number of hydrogen-bond acceptors (Lipinski definition) is 2. The van der Waals surface area contributed by atoms with Gasteiger partial charge in [0.15, 0.2) is 116 Å². The minimum absolute atomic E-state index is 0.694. The molecule has 0 atom stereocenters. The standard InChI is InChI=1S/2C12BF10O.C2H5.Al/c2*14-3-1(4(15)8(19)11(22)7(3)18)13(24)2-5(16)9(20)12(23)10(21)6(2)17;1-2;/h;;1H2,2H3;/q2*-1;;+2. The van der Waals surface area contributed by atoms with Gasteiger partial charge in [-0.25, -0.2) is 87.8 Å². The maximum absolute atomic E-state index is 14.9. The van der Waals surface area contributed by atoms with Gasteiger partial charge >= 0.3 is 28.6 Å². The Morgan fingerprint density at radius 3 is 0.569 bits per heavy atom. The van der Waals surface area contributed by atoms with Gasteiger partial charge in [-0.05, 0) is 5.28 Å². The molecule has 0 unspecified atom stereocenters. The maximum Gasteiger partial charge on any atom is 0.643 e. The van der Waals surface area contributed by atoms with Crippen molar-refractivity contribution in [2.24, 2.45) is 0 Å². The van der Waals surface area contributed by atoms with Gasteiger partial charge in [-0.2, -0.15) is 0 Å². The zero-order chi connectivity index (χ0) is 38.7. The molecule has 0 aliphatic carbocycles. The van der Waals surface area contributed by atoms with E-state index in [9.17, 15) is 87.8 Å². The van der Waals surface area contributed by atoms with Gasteiger partial charge < -0.3 is 7.41 Å². The first-order valence-corrected chi connectivity index (χ1v) is 14.8. The minimum atomic E-state index is -5.04. The number of halogens is 20. The fourth-order valence-corrected chi connectivity index (χ4v) is 6.10. The van der Waals surface area contributed by atoms with Gasteiger partial charge in [0.2, 0.25) is 0 Å². The summed E-state index contributed by atoms with van der Waals surface area (Å²) in [5, 5.41) is -1.16. The topological polar surface area (TPSA) is 18.5 Å². The summed E-state index contributed by atoms with van der Waals surface area (Å²) in [5.41, 5.74) is -10.3. The second-order valence-electron chi connectivity index (χ2n) is 9.80.